The summed E-state index contributed by atoms with van der Waals surface area (Å²) in [7, 11) is 0. The van der Waals surface area contributed by atoms with E-state index in [0.29, 0.717) is 5.56 Å². The quantitative estimate of drug-likeness (QED) is 0.609. The van der Waals surface area contributed by atoms with Crippen molar-refractivity contribution < 1.29 is 22.7 Å². The molecule has 108 valence electrons. The Labute approximate surface area is 119 Å². The van der Waals surface area contributed by atoms with Crippen LogP contribution in [-0.2, 0) is 0 Å². The summed E-state index contributed by atoms with van der Waals surface area (Å²) in [6.07, 6.45) is -0.429. The maximum atomic E-state index is 12.0. The predicted molar refractivity (Wildman–Crippen MR) is 73.9 cm³/mol. The average Bonchev–Trinajstić information content (AvgIpc) is 2.45. The molecule has 0 spiro atoms. The molecule has 0 radical (unpaired) electrons. The summed E-state index contributed by atoms with van der Waals surface area (Å²) in [4.78, 5) is 10.7. The number of carbonyl (C=O) groups excluding carboxylic acids is 1. The number of hydrogen-bond acceptors (Lipinski definition) is 2. The van der Waals surface area contributed by atoms with Gasteiger partial charge in [0.15, 0.2) is 0 Å². The van der Waals surface area contributed by atoms with Crippen LogP contribution in [0, 0.1) is 0 Å². The highest BCUT2D eigenvalue weighted by atomic mass is 19.4. The fourth-order valence-electron chi connectivity index (χ4n) is 1.71. The topological polar surface area (TPSA) is 26.3 Å². The molecular formula is C16H11F3O2. The molecule has 0 aromatic heterocycles. The molecule has 0 saturated heterocycles. The predicted octanol–water partition coefficient (Wildman–Crippen LogP) is 4.57. The first kappa shape index (κ1) is 14.8. The van der Waals surface area contributed by atoms with Gasteiger partial charge in [-0.25, -0.2) is 0 Å². The van der Waals surface area contributed by atoms with Crippen molar-refractivity contribution in [3.05, 3.63) is 65.2 Å². The number of ether oxygens (including phenoxy) is 1. The van der Waals surface area contributed by atoms with Crippen molar-refractivity contribution in [1.29, 1.82) is 0 Å². The molecule has 0 bridgehead atoms. The lowest BCUT2D eigenvalue weighted by atomic mass is 10.1. The summed E-state index contributed by atoms with van der Waals surface area (Å²) in [5.74, 6) is -0.261. The highest BCUT2D eigenvalue weighted by molar-refractivity contribution is 5.78. The number of aldehydes is 1. The van der Waals surface area contributed by atoms with Crippen LogP contribution in [0.5, 0.6) is 5.75 Å². The van der Waals surface area contributed by atoms with Crippen LogP contribution in [-0.4, -0.2) is 12.6 Å². The molecule has 0 aliphatic carbocycles. The summed E-state index contributed by atoms with van der Waals surface area (Å²) in [6, 6.07) is 12.5. The van der Waals surface area contributed by atoms with Crippen molar-refractivity contribution in [2.24, 2.45) is 0 Å². The Bertz CT molecular complexity index is 643. The first-order valence-electron chi connectivity index (χ1n) is 6.05. The smallest absolute Gasteiger partial charge is 0.406 e. The summed E-state index contributed by atoms with van der Waals surface area (Å²) < 4.78 is 39.8. The van der Waals surface area contributed by atoms with E-state index >= 15 is 0 Å². The highest BCUT2D eigenvalue weighted by Gasteiger charge is 2.30. The second-order valence-corrected chi connectivity index (χ2v) is 4.24. The highest BCUT2D eigenvalue weighted by Crippen LogP contribution is 2.23. The minimum absolute atomic E-state index is 0.261. The van der Waals surface area contributed by atoms with Gasteiger partial charge in [0.2, 0.25) is 0 Å². The summed E-state index contributed by atoms with van der Waals surface area (Å²) >= 11 is 0. The van der Waals surface area contributed by atoms with Gasteiger partial charge in [0.1, 0.15) is 12.0 Å². The van der Waals surface area contributed by atoms with Gasteiger partial charge in [0.25, 0.3) is 0 Å². The fourth-order valence-corrected chi connectivity index (χ4v) is 1.71. The van der Waals surface area contributed by atoms with Crippen LogP contribution >= 0.6 is 0 Å². The van der Waals surface area contributed by atoms with E-state index in [1.54, 1.807) is 30.4 Å². The number of benzene rings is 2. The van der Waals surface area contributed by atoms with Gasteiger partial charge in [-0.3, -0.25) is 4.79 Å². The van der Waals surface area contributed by atoms with Gasteiger partial charge in [0, 0.05) is 5.56 Å². The Hall–Kier alpha value is -2.56. The number of carbonyl (C=O) groups is 1. The SMILES string of the molecule is O=Cc1cccc(/C=C/c2ccc(OC(F)(F)F)cc2)c1. The fraction of sp³-hybridized carbons (Fsp3) is 0.0625. The Morgan fingerprint density at radius 2 is 1.48 bits per heavy atom. The van der Waals surface area contributed by atoms with E-state index < -0.39 is 6.36 Å². The van der Waals surface area contributed by atoms with Gasteiger partial charge < -0.3 is 4.74 Å². The zero-order valence-electron chi connectivity index (χ0n) is 10.8. The molecule has 2 aromatic rings. The van der Waals surface area contributed by atoms with Crippen LogP contribution in [0.25, 0.3) is 12.2 Å². The Balaban J connectivity index is 2.09. The Morgan fingerprint density at radius 1 is 0.857 bits per heavy atom. The van der Waals surface area contributed by atoms with E-state index in [2.05, 4.69) is 4.74 Å². The minimum atomic E-state index is -4.69. The molecule has 0 fully saturated rings. The molecule has 0 amide bonds. The van der Waals surface area contributed by atoms with E-state index in [-0.39, 0.29) is 5.75 Å². The molecule has 0 unspecified atom stereocenters. The second kappa shape index (κ2) is 6.26. The van der Waals surface area contributed by atoms with Crippen molar-refractivity contribution >= 4 is 18.4 Å². The van der Waals surface area contributed by atoms with Crippen molar-refractivity contribution in [2.75, 3.05) is 0 Å². The standard InChI is InChI=1S/C16H11F3O2/c17-16(18,19)21-15-8-6-12(7-9-15)4-5-13-2-1-3-14(10-13)11-20/h1-11H/b5-4+. The third-order valence-corrected chi connectivity index (χ3v) is 2.63. The third kappa shape index (κ3) is 4.80. The normalized spacial score (nSPS) is 11.6. The van der Waals surface area contributed by atoms with Crippen LogP contribution < -0.4 is 4.74 Å². The van der Waals surface area contributed by atoms with E-state index in [1.807, 2.05) is 6.07 Å². The van der Waals surface area contributed by atoms with Crippen LogP contribution in [0.15, 0.2) is 48.5 Å². The number of hydrogen-bond donors (Lipinski definition) is 0. The van der Waals surface area contributed by atoms with Gasteiger partial charge in [-0.2, -0.15) is 0 Å². The summed E-state index contributed by atoms with van der Waals surface area (Å²) in [5, 5.41) is 0. The molecule has 0 aliphatic rings. The number of alkyl halides is 3. The largest absolute Gasteiger partial charge is 0.573 e. The molecule has 2 nitrogen and oxygen atoms in total. The monoisotopic (exact) mass is 292 g/mol. The molecule has 0 heterocycles. The van der Waals surface area contributed by atoms with Gasteiger partial charge in [-0.15, -0.1) is 13.2 Å². The Morgan fingerprint density at radius 3 is 2.10 bits per heavy atom. The lowest BCUT2D eigenvalue weighted by Crippen LogP contribution is -2.16. The van der Waals surface area contributed by atoms with E-state index in [4.69, 9.17) is 0 Å². The zero-order chi connectivity index (χ0) is 15.3. The van der Waals surface area contributed by atoms with E-state index in [9.17, 15) is 18.0 Å². The molecule has 5 heteroatoms. The van der Waals surface area contributed by atoms with Crippen LogP contribution in [0.1, 0.15) is 21.5 Å². The lowest BCUT2D eigenvalue weighted by Gasteiger charge is -2.08. The maximum absolute atomic E-state index is 12.0. The average molecular weight is 292 g/mol. The molecule has 21 heavy (non-hydrogen) atoms. The molecule has 0 atom stereocenters. The molecule has 0 saturated carbocycles. The second-order valence-electron chi connectivity index (χ2n) is 4.24. The van der Waals surface area contributed by atoms with Crippen molar-refractivity contribution in [3.8, 4) is 5.75 Å². The van der Waals surface area contributed by atoms with Crippen molar-refractivity contribution in [1.82, 2.24) is 0 Å². The summed E-state index contributed by atoms with van der Waals surface area (Å²) in [6.45, 7) is 0. The van der Waals surface area contributed by atoms with Crippen LogP contribution in [0.4, 0.5) is 13.2 Å². The minimum Gasteiger partial charge on any atom is -0.406 e. The van der Waals surface area contributed by atoms with Crippen molar-refractivity contribution in [3.63, 3.8) is 0 Å². The molecule has 2 aromatic carbocycles. The van der Waals surface area contributed by atoms with E-state index in [0.717, 1.165) is 17.4 Å². The van der Waals surface area contributed by atoms with Gasteiger partial charge in [-0.05, 0) is 29.3 Å². The van der Waals surface area contributed by atoms with Crippen molar-refractivity contribution in [2.45, 2.75) is 6.36 Å². The molecular weight excluding hydrogens is 281 g/mol. The molecule has 2 rings (SSSR count). The molecule has 0 aliphatic heterocycles. The first-order valence-corrected chi connectivity index (χ1v) is 6.05. The zero-order valence-corrected chi connectivity index (χ0v) is 10.8. The third-order valence-electron chi connectivity index (χ3n) is 2.63. The number of halogens is 3. The Kier molecular flexibility index (Phi) is 4.42. The van der Waals surface area contributed by atoms with Gasteiger partial charge in [-0.1, -0.05) is 42.5 Å². The lowest BCUT2D eigenvalue weighted by molar-refractivity contribution is -0.274. The maximum Gasteiger partial charge on any atom is 0.573 e. The first-order chi connectivity index (χ1) is 9.96. The van der Waals surface area contributed by atoms with Gasteiger partial charge >= 0.3 is 6.36 Å². The van der Waals surface area contributed by atoms with Gasteiger partial charge in [0.05, 0.1) is 0 Å². The molecule has 0 N–H and O–H groups in total. The van der Waals surface area contributed by atoms with Crippen LogP contribution in [0.2, 0.25) is 0 Å². The number of rotatable bonds is 4. The summed E-state index contributed by atoms with van der Waals surface area (Å²) in [5.41, 5.74) is 2.11. The van der Waals surface area contributed by atoms with E-state index in [1.165, 1.54) is 24.3 Å². The van der Waals surface area contributed by atoms with Crippen LogP contribution in [0.3, 0.4) is 0 Å².